The zero-order chi connectivity index (χ0) is 7.11. The SMILES string of the molecule is CC/N=C(\C)NCOC. The van der Waals surface area contributed by atoms with Crippen molar-refractivity contribution in [2.75, 3.05) is 20.4 Å². The summed E-state index contributed by atoms with van der Waals surface area (Å²) in [4.78, 5) is 4.09. The van der Waals surface area contributed by atoms with Gasteiger partial charge in [0, 0.05) is 13.7 Å². The number of hydrogen-bond acceptors (Lipinski definition) is 2. The smallest absolute Gasteiger partial charge is 0.116 e. The lowest BCUT2D eigenvalue weighted by molar-refractivity contribution is 0.192. The molecule has 0 radical (unpaired) electrons. The van der Waals surface area contributed by atoms with Crippen molar-refractivity contribution in [3.63, 3.8) is 0 Å². The molecule has 0 unspecified atom stereocenters. The molecule has 9 heavy (non-hydrogen) atoms. The van der Waals surface area contributed by atoms with Crippen LogP contribution in [0.3, 0.4) is 0 Å². The Kier molecular flexibility index (Phi) is 5.21. The average Bonchev–Trinajstić information content (AvgIpc) is 1.85. The standard InChI is InChI=1S/C6H14N2O/c1-4-7-6(2)8-5-9-3/h4-5H2,1-3H3,(H,7,8). The average molecular weight is 130 g/mol. The minimum atomic E-state index is 0.537. The van der Waals surface area contributed by atoms with Crippen molar-refractivity contribution < 1.29 is 4.74 Å². The van der Waals surface area contributed by atoms with E-state index in [2.05, 4.69) is 10.3 Å². The van der Waals surface area contributed by atoms with E-state index in [4.69, 9.17) is 4.74 Å². The highest BCUT2D eigenvalue weighted by molar-refractivity contribution is 5.79. The van der Waals surface area contributed by atoms with Crippen molar-refractivity contribution in [1.29, 1.82) is 0 Å². The van der Waals surface area contributed by atoms with Gasteiger partial charge in [0.2, 0.25) is 0 Å². The molecule has 0 spiro atoms. The molecule has 0 aliphatic heterocycles. The summed E-state index contributed by atoms with van der Waals surface area (Å²) in [5.41, 5.74) is 0. The molecule has 0 aliphatic carbocycles. The molecule has 3 nitrogen and oxygen atoms in total. The minimum Gasteiger partial charge on any atom is -0.365 e. The van der Waals surface area contributed by atoms with E-state index in [0.717, 1.165) is 12.4 Å². The topological polar surface area (TPSA) is 33.6 Å². The summed E-state index contributed by atoms with van der Waals surface area (Å²) in [6.45, 7) is 5.28. The molecule has 0 rings (SSSR count). The van der Waals surface area contributed by atoms with Crippen LogP contribution in [0.15, 0.2) is 4.99 Å². The van der Waals surface area contributed by atoms with E-state index in [-0.39, 0.29) is 0 Å². The van der Waals surface area contributed by atoms with Crippen LogP contribution in [0.4, 0.5) is 0 Å². The van der Waals surface area contributed by atoms with E-state index in [1.165, 1.54) is 0 Å². The first-order valence-electron chi connectivity index (χ1n) is 3.05. The molecule has 0 atom stereocenters. The summed E-state index contributed by atoms with van der Waals surface area (Å²) < 4.78 is 4.77. The zero-order valence-electron chi connectivity index (χ0n) is 6.27. The van der Waals surface area contributed by atoms with Crippen LogP contribution in [0.5, 0.6) is 0 Å². The van der Waals surface area contributed by atoms with Gasteiger partial charge in [0.15, 0.2) is 0 Å². The van der Waals surface area contributed by atoms with E-state index < -0.39 is 0 Å². The fourth-order valence-electron chi connectivity index (χ4n) is 0.470. The number of amidine groups is 1. The molecule has 0 saturated heterocycles. The number of hydrogen-bond donors (Lipinski definition) is 1. The predicted molar refractivity (Wildman–Crippen MR) is 38.7 cm³/mol. The maximum atomic E-state index is 4.77. The van der Waals surface area contributed by atoms with Crippen molar-refractivity contribution in [3.8, 4) is 0 Å². The van der Waals surface area contributed by atoms with Crippen LogP contribution in [-0.4, -0.2) is 26.2 Å². The Morgan fingerprint density at radius 1 is 1.67 bits per heavy atom. The Balaban J connectivity index is 3.25. The third kappa shape index (κ3) is 5.30. The predicted octanol–water partition coefficient (Wildman–Crippen LogP) is 0.618. The van der Waals surface area contributed by atoms with Crippen molar-refractivity contribution >= 4 is 5.84 Å². The number of methoxy groups -OCH3 is 1. The lowest BCUT2D eigenvalue weighted by Crippen LogP contribution is -2.22. The number of aliphatic imine (C=N–C) groups is 1. The Bertz CT molecular complexity index is 91.1. The highest BCUT2D eigenvalue weighted by Crippen LogP contribution is 1.71. The molecule has 0 bridgehead atoms. The van der Waals surface area contributed by atoms with Gasteiger partial charge >= 0.3 is 0 Å². The molecule has 3 heteroatoms. The van der Waals surface area contributed by atoms with Crippen LogP contribution in [0, 0.1) is 0 Å². The summed E-state index contributed by atoms with van der Waals surface area (Å²) in [7, 11) is 1.65. The van der Waals surface area contributed by atoms with Gasteiger partial charge in [0.05, 0.1) is 5.84 Å². The summed E-state index contributed by atoms with van der Waals surface area (Å²) in [6, 6.07) is 0. The van der Waals surface area contributed by atoms with Crippen LogP contribution in [0.1, 0.15) is 13.8 Å². The molecule has 0 aromatic rings. The van der Waals surface area contributed by atoms with Gasteiger partial charge < -0.3 is 10.1 Å². The van der Waals surface area contributed by atoms with E-state index in [1.54, 1.807) is 7.11 Å². The summed E-state index contributed by atoms with van der Waals surface area (Å²) >= 11 is 0. The second kappa shape index (κ2) is 5.56. The first kappa shape index (κ1) is 8.43. The van der Waals surface area contributed by atoms with Crippen molar-refractivity contribution in [1.82, 2.24) is 5.32 Å². The van der Waals surface area contributed by atoms with E-state index in [9.17, 15) is 0 Å². The van der Waals surface area contributed by atoms with Crippen LogP contribution < -0.4 is 5.32 Å². The number of nitrogens with zero attached hydrogens (tertiary/aromatic N) is 1. The molecule has 1 N–H and O–H groups in total. The normalized spacial score (nSPS) is 11.7. The van der Waals surface area contributed by atoms with Gasteiger partial charge in [0.25, 0.3) is 0 Å². The monoisotopic (exact) mass is 130 g/mol. The van der Waals surface area contributed by atoms with E-state index in [0.29, 0.717) is 6.73 Å². The van der Waals surface area contributed by atoms with Gasteiger partial charge in [-0.2, -0.15) is 0 Å². The van der Waals surface area contributed by atoms with Gasteiger partial charge in [-0.15, -0.1) is 0 Å². The minimum absolute atomic E-state index is 0.537. The Morgan fingerprint density at radius 3 is 2.78 bits per heavy atom. The Hall–Kier alpha value is -0.570. The summed E-state index contributed by atoms with van der Waals surface area (Å²) in [6.07, 6.45) is 0. The van der Waals surface area contributed by atoms with E-state index >= 15 is 0 Å². The fourth-order valence-corrected chi connectivity index (χ4v) is 0.470. The first-order valence-corrected chi connectivity index (χ1v) is 3.05. The molecular weight excluding hydrogens is 116 g/mol. The van der Waals surface area contributed by atoms with Gasteiger partial charge in [0.1, 0.15) is 6.73 Å². The first-order chi connectivity index (χ1) is 4.31. The highest BCUT2D eigenvalue weighted by atomic mass is 16.5. The largest absolute Gasteiger partial charge is 0.365 e. The molecular formula is C6H14N2O. The zero-order valence-corrected chi connectivity index (χ0v) is 6.27. The summed E-state index contributed by atoms with van der Waals surface area (Å²) in [5, 5.41) is 2.96. The molecule has 0 fully saturated rings. The second-order valence-electron chi connectivity index (χ2n) is 1.67. The quantitative estimate of drug-likeness (QED) is 0.345. The third-order valence-electron chi connectivity index (χ3n) is 0.868. The van der Waals surface area contributed by atoms with Crippen LogP contribution in [0.2, 0.25) is 0 Å². The fraction of sp³-hybridized carbons (Fsp3) is 0.833. The molecule has 0 amide bonds. The highest BCUT2D eigenvalue weighted by Gasteiger charge is 1.83. The van der Waals surface area contributed by atoms with Gasteiger partial charge in [-0.25, -0.2) is 0 Å². The Labute approximate surface area is 56.1 Å². The van der Waals surface area contributed by atoms with Crippen molar-refractivity contribution in [3.05, 3.63) is 0 Å². The van der Waals surface area contributed by atoms with Gasteiger partial charge in [-0.3, -0.25) is 4.99 Å². The number of nitrogens with one attached hydrogen (secondary N) is 1. The van der Waals surface area contributed by atoms with Crippen molar-refractivity contribution in [2.45, 2.75) is 13.8 Å². The number of rotatable bonds is 3. The maximum absolute atomic E-state index is 4.77. The molecule has 0 aromatic carbocycles. The lowest BCUT2D eigenvalue weighted by atomic mass is 10.6. The van der Waals surface area contributed by atoms with Crippen LogP contribution in [0.25, 0.3) is 0 Å². The van der Waals surface area contributed by atoms with E-state index in [1.807, 2.05) is 13.8 Å². The van der Waals surface area contributed by atoms with Crippen LogP contribution in [-0.2, 0) is 4.74 Å². The molecule has 0 saturated carbocycles. The lowest BCUT2D eigenvalue weighted by Gasteiger charge is -2.01. The molecule has 0 aromatic heterocycles. The molecule has 54 valence electrons. The van der Waals surface area contributed by atoms with Crippen LogP contribution >= 0.6 is 0 Å². The summed E-state index contributed by atoms with van der Waals surface area (Å²) in [5.74, 6) is 0.930. The van der Waals surface area contributed by atoms with Crippen molar-refractivity contribution in [2.24, 2.45) is 4.99 Å². The number of ether oxygens (including phenoxy) is 1. The second-order valence-corrected chi connectivity index (χ2v) is 1.67. The maximum Gasteiger partial charge on any atom is 0.116 e. The van der Waals surface area contributed by atoms with Gasteiger partial charge in [-0.1, -0.05) is 0 Å². The Morgan fingerprint density at radius 2 is 2.33 bits per heavy atom. The molecule has 0 aliphatic rings. The molecule has 0 heterocycles. The van der Waals surface area contributed by atoms with Gasteiger partial charge in [-0.05, 0) is 13.8 Å². The third-order valence-corrected chi connectivity index (χ3v) is 0.868.